The summed E-state index contributed by atoms with van der Waals surface area (Å²) in [6, 6.07) is 6.05. The molecule has 0 saturated carbocycles. The van der Waals surface area contributed by atoms with Crippen molar-refractivity contribution in [1.82, 2.24) is 4.98 Å². The first kappa shape index (κ1) is 13.0. The highest BCUT2D eigenvalue weighted by molar-refractivity contribution is 9.10. The van der Waals surface area contributed by atoms with Crippen LogP contribution < -0.4 is 4.74 Å². The Morgan fingerprint density at radius 3 is 2.72 bits per heavy atom. The highest BCUT2D eigenvalue weighted by Crippen LogP contribution is 2.27. The van der Waals surface area contributed by atoms with Gasteiger partial charge in [0.2, 0.25) is 0 Å². The van der Waals surface area contributed by atoms with Crippen molar-refractivity contribution in [2.24, 2.45) is 0 Å². The zero-order valence-electron chi connectivity index (χ0n) is 9.60. The number of hydrogen-bond donors (Lipinski definition) is 1. The third-order valence-electron chi connectivity index (χ3n) is 2.35. The van der Waals surface area contributed by atoms with E-state index >= 15 is 0 Å². The first-order valence-electron chi connectivity index (χ1n) is 5.32. The maximum Gasteiger partial charge on any atom is 0.166 e. The summed E-state index contributed by atoms with van der Waals surface area (Å²) in [7, 11) is 0. The summed E-state index contributed by atoms with van der Waals surface area (Å²) >= 11 is 3.26. The van der Waals surface area contributed by atoms with Crippen LogP contribution in [0.25, 0.3) is 0 Å². The lowest BCUT2D eigenvalue weighted by Crippen LogP contribution is -1.94. The van der Waals surface area contributed by atoms with Crippen molar-refractivity contribution in [2.45, 2.75) is 13.0 Å². The molecule has 2 rings (SSSR count). The van der Waals surface area contributed by atoms with Crippen molar-refractivity contribution < 1.29 is 14.2 Å². The third kappa shape index (κ3) is 3.05. The number of benzene rings is 1. The number of nitrogens with zero attached hydrogens (tertiary/aromatic N) is 1. The van der Waals surface area contributed by atoms with Crippen LogP contribution in [0.15, 0.2) is 41.1 Å². The van der Waals surface area contributed by atoms with Gasteiger partial charge in [0.25, 0.3) is 0 Å². The molecule has 1 aromatic carbocycles. The molecule has 0 spiro atoms. The maximum atomic E-state index is 13.7. The molecule has 2 aromatic rings. The van der Waals surface area contributed by atoms with E-state index in [4.69, 9.17) is 4.74 Å². The molecule has 94 valence electrons. The van der Waals surface area contributed by atoms with Crippen molar-refractivity contribution in [2.75, 3.05) is 0 Å². The molecule has 18 heavy (non-hydrogen) atoms. The van der Waals surface area contributed by atoms with Crippen LogP contribution in [0, 0.1) is 5.82 Å². The fourth-order valence-corrected chi connectivity index (χ4v) is 1.78. The van der Waals surface area contributed by atoms with Crippen LogP contribution in [-0.2, 0) is 0 Å². The molecule has 0 aliphatic carbocycles. The second-order valence-corrected chi connectivity index (χ2v) is 4.72. The van der Waals surface area contributed by atoms with E-state index in [1.807, 2.05) is 0 Å². The SMILES string of the molecule is C[C@@H](O)c1ccc(Oc2cncc(Br)c2)c(F)c1. The van der Waals surface area contributed by atoms with E-state index in [2.05, 4.69) is 20.9 Å². The molecule has 0 saturated heterocycles. The van der Waals surface area contributed by atoms with Crippen molar-refractivity contribution in [1.29, 1.82) is 0 Å². The Bertz CT molecular complexity index is 560. The number of aromatic nitrogens is 1. The quantitative estimate of drug-likeness (QED) is 0.936. The van der Waals surface area contributed by atoms with Crippen LogP contribution in [0.4, 0.5) is 4.39 Å². The minimum Gasteiger partial charge on any atom is -0.453 e. The van der Waals surface area contributed by atoms with Gasteiger partial charge >= 0.3 is 0 Å². The second kappa shape index (κ2) is 5.46. The van der Waals surface area contributed by atoms with Crippen molar-refractivity contribution in [3.05, 3.63) is 52.5 Å². The highest BCUT2D eigenvalue weighted by atomic mass is 79.9. The Morgan fingerprint density at radius 1 is 1.33 bits per heavy atom. The summed E-state index contributed by atoms with van der Waals surface area (Å²) in [5.74, 6) is 0.0146. The standard InChI is InChI=1S/C13H11BrFNO2/c1-8(17)9-2-3-13(12(15)4-9)18-11-5-10(14)6-16-7-11/h2-8,17H,1H3/t8-/m1/s1. The molecule has 1 heterocycles. The topological polar surface area (TPSA) is 42.4 Å². The average molecular weight is 312 g/mol. The van der Waals surface area contributed by atoms with E-state index in [1.165, 1.54) is 18.3 Å². The van der Waals surface area contributed by atoms with E-state index in [9.17, 15) is 9.50 Å². The number of rotatable bonds is 3. The van der Waals surface area contributed by atoms with Crippen molar-refractivity contribution in [3.8, 4) is 11.5 Å². The van der Waals surface area contributed by atoms with Gasteiger partial charge in [0.05, 0.1) is 12.3 Å². The summed E-state index contributed by atoms with van der Waals surface area (Å²) in [6.07, 6.45) is 2.40. The van der Waals surface area contributed by atoms with Gasteiger partial charge in [0, 0.05) is 10.7 Å². The minimum absolute atomic E-state index is 0.0966. The molecule has 1 atom stereocenters. The summed E-state index contributed by atoms with van der Waals surface area (Å²) in [5.41, 5.74) is 0.507. The van der Waals surface area contributed by atoms with Gasteiger partial charge in [-0.3, -0.25) is 4.98 Å². The predicted octanol–water partition coefficient (Wildman–Crippen LogP) is 3.83. The molecule has 0 radical (unpaired) electrons. The largest absolute Gasteiger partial charge is 0.453 e. The molecule has 0 unspecified atom stereocenters. The summed E-state index contributed by atoms with van der Waals surface area (Å²) in [5, 5.41) is 9.34. The lowest BCUT2D eigenvalue weighted by molar-refractivity contribution is 0.198. The van der Waals surface area contributed by atoms with E-state index in [-0.39, 0.29) is 5.75 Å². The molecule has 1 aromatic heterocycles. The number of halogens is 2. The zero-order chi connectivity index (χ0) is 13.1. The normalized spacial score (nSPS) is 12.2. The van der Waals surface area contributed by atoms with Crippen LogP contribution in [0.3, 0.4) is 0 Å². The summed E-state index contributed by atoms with van der Waals surface area (Å²) in [6.45, 7) is 1.58. The maximum absolute atomic E-state index is 13.7. The first-order chi connectivity index (χ1) is 8.56. The lowest BCUT2D eigenvalue weighted by Gasteiger charge is -2.09. The van der Waals surface area contributed by atoms with Gasteiger partial charge in [-0.05, 0) is 46.6 Å². The number of ether oxygens (including phenoxy) is 1. The Labute approximate surface area is 112 Å². The average Bonchev–Trinajstić information content (AvgIpc) is 2.31. The van der Waals surface area contributed by atoms with Crippen molar-refractivity contribution in [3.63, 3.8) is 0 Å². The summed E-state index contributed by atoms with van der Waals surface area (Å²) in [4.78, 5) is 3.92. The van der Waals surface area contributed by atoms with Gasteiger partial charge in [-0.15, -0.1) is 0 Å². The van der Waals surface area contributed by atoms with E-state index in [0.29, 0.717) is 11.3 Å². The molecular formula is C13H11BrFNO2. The van der Waals surface area contributed by atoms with Gasteiger partial charge in [0.15, 0.2) is 11.6 Å². The molecule has 3 nitrogen and oxygen atoms in total. The molecule has 0 fully saturated rings. The number of hydrogen-bond acceptors (Lipinski definition) is 3. The minimum atomic E-state index is -0.707. The fraction of sp³-hybridized carbons (Fsp3) is 0.154. The number of aliphatic hydroxyl groups is 1. The molecule has 0 aliphatic rings. The van der Waals surface area contributed by atoms with Gasteiger partial charge in [-0.2, -0.15) is 0 Å². The van der Waals surface area contributed by atoms with E-state index < -0.39 is 11.9 Å². The molecule has 5 heteroatoms. The highest BCUT2D eigenvalue weighted by Gasteiger charge is 2.09. The predicted molar refractivity (Wildman–Crippen MR) is 69.0 cm³/mol. The zero-order valence-corrected chi connectivity index (χ0v) is 11.2. The molecule has 0 aliphatic heterocycles. The van der Waals surface area contributed by atoms with Gasteiger partial charge in [0.1, 0.15) is 5.75 Å². The van der Waals surface area contributed by atoms with Crippen molar-refractivity contribution >= 4 is 15.9 Å². The Balaban J connectivity index is 2.24. The molecular weight excluding hydrogens is 301 g/mol. The van der Waals surface area contributed by atoms with Crippen LogP contribution in [0.5, 0.6) is 11.5 Å². The van der Waals surface area contributed by atoms with Crippen LogP contribution in [-0.4, -0.2) is 10.1 Å². The molecule has 0 amide bonds. The Kier molecular flexibility index (Phi) is 3.93. The number of pyridine rings is 1. The van der Waals surface area contributed by atoms with Crippen LogP contribution in [0.2, 0.25) is 0 Å². The summed E-state index contributed by atoms with van der Waals surface area (Å²) < 4.78 is 19.9. The first-order valence-corrected chi connectivity index (χ1v) is 6.11. The van der Waals surface area contributed by atoms with Gasteiger partial charge in [-0.1, -0.05) is 6.07 Å². The van der Waals surface area contributed by atoms with Gasteiger partial charge in [-0.25, -0.2) is 4.39 Å². The van der Waals surface area contributed by atoms with Crippen LogP contribution >= 0.6 is 15.9 Å². The second-order valence-electron chi connectivity index (χ2n) is 3.81. The monoisotopic (exact) mass is 311 g/mol. The third-order valence-corrected chi connectivity index (χ3v) is 2.78. The Morgan fingerprint density at radius 2 is 2.11 bits per heavy atom. The Hall–Kier alpha value is -1.46. The molecule has 1 N–H and O–H groups in total. The number of aliphatic hydroxyl groups excluding tert-OH is 1. The molecule has 0 bridgehead atoms. The van der Waals surface area contributed by atoms with E-state index in [0.717, 1.165) is 4.47 Å². The lowest BCUT2D eigenvalue weighted by atomic mass is 10.1. The smallest absolute Gasteiger partial charge is 0.166 e. The van der Waals surface area contributed by atoms with Gasteiger partial charge < -0.3 is 9.84 Å². The van der Waals surface area contributed by atoms with Crippen LogP contribution in [0.1, 0.15) is 18.6 Å². The fourth-order valence-electron chi connectivity index (χ4n) is 1.43. The van der Waals surface area contributed by atoms with E-state index in [1.54, 1.807) is 25.3 Å².